The molecule has 0 rings (SSSR count). The van der Waals surface area contributed by atoms with E-state index in [0.717, 1.165) is 6.08 Å². The van der Waals surface area contributed by atoms with Gasteiger partial charge in [-0.05, 0) is 6.08 Å². The Balaban J connectivity index is 4.69. The van der Waals surface area contributed by atoms with Gasteiger partial charge in [-0.3, -0.25) is 0 Å². The second-order valence-electron chi connectivity index (χ2n) is 2.21. The normalized spacial score (nSPS) is 10.6. The first kappa shape index (κ1) is 11.0. The molecule has 0 saturated heterocycles. The molecule has 0 spiro atoms. The minimum Gasteiger partial charge on any atom is -0.478 e. The fourth-order valence-corrected chi connectivity index (χ4v) is 0.460. The van der Waals surface area contributed by atoms with Crippen LogP contribution in [-0.2, 0) is 9.59 Å². The smallest absolute Gasteiger partial charge is 0.337 e. The molecule has 0 aromatic rings. The summed E-state index contributed by atoms with van der Waals surface area (Å²) in [5.74, 6) is -2.56. The quantitative estimate of drug-likeness (QED) is 0.424. The average molecular weight is 183 g/mol. The van der Waals surface area contributed by atoms with E-state index in [1.165, 1.54) is 0 Å². The van der Waals surface area contributed by atoms with E-state index in [4.69, 9.17) is 15.9 Å². The van der Waals surface area contributed by atoms with Gasteiger partial charge in [0.2, 0.25) is 0 Å². The van der Waals surface area contributed by atoms with Crippen molar-refractivity contribution in [2.24, 2.45) is 5.73 Å². The number of rotatable bonds is 4. The van der Waals surface area contributed by atoms with Gasteiger partial charge in [-0.15, -0.1) is 0 Å². The second-order valence-corrected chi connectivity index (χ2v) is 2.21. The Kier molecular flexibility index (Phi) is 3.46. The predicted molar refractivity (Wildman–Crippen MR) is 45.8 cm³/mol. The van der Waals surface area contributed by atoms with E-state index in [-0.39, 0.29) is 16.8 Å². The molecule has 0 unspecified atom stereocenters. The summed E-state index contributed by atoms with van der Waals surface area (Å²) in [7, 11) is 0. The van der Waals surface area contributed by atoms with Crippen LogP contribution < -0.4 is 5.73 Å². The summed E-state index contributed by atoms with van der Waals surface area (Å²) in [5, 5.41) is 16.8. The molecule has 5 nitrogen and oxygen atoms in total. The van der Waals surface area contributed by atoms with Crippen molar-refractivity contribution >= 4 is 11.9 Å². The van der Waals surface area contributed by atoms with Crippen LogP contribution in [0.25, 0.3) is 0 Å². The van der Waals surface area contributed by atoms with Crippen molar-refractivity contribution in [3.05, 3.63) is 36.1 Å². The lowest BCUT2D eigenvalue weighted by Crippen LogP contribution is -2.10. The molecule has 0 aliphatic rings. The first-order valence-electron chi connectivity index (χ1n) is 3.18. The van der Waals surface area contributed by atoms with Crippen LogP contribution in [0.5, 0.6) is 0 Å². The summed E-state index contributed by atoms with van der Waals surface area (Å²) in [6.45, 7) is 6.29. The third-order valence-corrected chi connectivity index (χ3v) is 1.21. The van der Waals surface area contributed by atoms with Crippen LogP contribution in [0, 0.1) is 0 Å². The van der Waals surface area contributed by atoms with Crippen LogP contribution in [0.3, 0.4) is 0 Å². The fraction of sp³-hybridized carbons (Fsp3) is 0. The summed E-state index contributed by atoms with van der Waals surface area (Å²) in [6, 6.07) is 0. The molecule has 0 radical (unpaired) electrons. The first-order valence-corrected chi connectivity index (χ1v) is 3.18. The van der Waals surface area contributed by atoms with Crippen molar-refractivity contribution < 1.29 is 19.8 Å². The van der Waals surface area contributed by atoms with Gasteiger partial charge in [0.15, 0.2) is 0 Å². The SMILES string of the molecule is C=C(/C=C(/N)C(=C)C(=O)O)C(=O)O. The number of nitrogens with two attached hydrogens (primary N) is 1. The molecule has 0 aliphatic heterocycles. The molecule has 0 saturated carbocycles. The van der Waals surface area contributed by atoms with E-state index in [2.05, 4.69) is 13.2 Å². The zero-order valence-electron chi connectivity index (χ0n) is 6.78. The topological polar surface area (TPSA) is 101 Å². The molecule has 0 bridgehead atoms. The highest BCUT2D eigenvalue weighted by Gasteiger charge is 2.08. The molecule has 0 aliphatic carbocycles. The predicted octanol–water partition coefficient (Wildman–Crippen LogP) is 0.111. The largest absolute Gasteiger partial charge is 0.478 e. The van der Waals surface area contributed by atoms with Crippen molar-refractivity contribution in [3.8, 4) is 0 Å². The number of aliphatic carboxylic acids is 2. The van der Waals surface area contributed by atoms with Gasteiger partial charge in [0.05, 0.1) is 11.1 Å². The number of carboxylic acid groups (broad SMARTS) is 2. The number of hydrogen-bond acceptors (Lipinski definition) is 3. The van der Waals surface area contributed by atoms with Gasteiger partial charge in [0.1, 0.15) is 0 Å². The van der Waals surface area contributed by atoms with Crippen molar-refractivity contribution in [1.82, 2.24) is 0 Å². The Hall–Kier alpha value is -2.04. The highest BCUT2D eigenvalue weighted by molar-refractivity contribution is 5.93. The van der Waals surface area contributed by atoms with Crippen LogP contribution in [0.2, 0.25) is 0 Å². The Bertz CT molecular complexity index is 314. The molecule has 0 aromatic heterocycles. The van der Waals surface area contributed by atoms with E-state index in [0.29, 0.717) is 0 Å². The summed E-state index contributed by atoms with van der Waals surface area (Å²) in [5.41, 5.74) is 4.34. The van der Waals surface area contributed by atoms with Crippen molar-refractivity contribution in [3.63, 3.8) is 0 Å². The van der Waals surface area contributed by atoms with Crippen LogP contribution in [0.1, 0.15) is 0 Å². The monoisotopic (exact) mass is 183 g/mol. The maximum absolute atomic E-state index is 10.3. The molecule has 70 valence electrons. The lowest BCUT2D eigenvalue weighted by Gasteiger charge is -1.99. The second kappa shape index (κ2) is 4.10. The molecule has 0 fully saturated rings. The molecule has 4 N–H and O–H groups in total. The molecule has 0 atom stereocenters. The van der Waals surface area contributed by atoms with E-state index in [1.54, 1.807) is 0 Å². The standard InChI is InChI=1S/C8H9NO4/c1-4(7(10)11)3-6(9)5(2)8(12)13/h3H,1-2,9H2,(H,10,11)(H,12,13)/b6-3+. The molecule has 0 amide bonds. The third kappa shape index (κ3) is 3.24. The lowest BCUT2D eigenvalue weighted by atomic mass is 10.1. The highest BCUT2D eigenvalue weighted by atomic mass is 16.4. The summed E-state index contributed by atoms with van der Waals surface area (Å²) < 4.78 is 0. The minimum atomic E-state index is -1.30. The Labute approximate surface area is 74.5 Å². The molecule has 13 heavy (non-hydrogen) atoms. The molecule has 5 heteroatoms. The highest BCUT2D eigenvalue weighted by Crippen LogP contribution is 2.04. The third-order valence-electron chi connectivity index (χ3n) is 1.21. The van der Waals surface area contributed by atoms with E-state index in [1.807, 2.05) is 0 Å². The maximum Gasteiger partial charge on any atom is 0.337 e. The van der Waals surface area contributed by atoms with Crippen LogP contribution >= 0.6 is 0 Å². The molecule has 0 aromatic carbocycles. The summed E-state index contributed by atoms with van der Waals surface area (Å²) >= 11 is 0. The van der Waals surface area contributed by atoms with Gasteiger partial charge in [0.25, 0.3) is 0 Å². The zero-order chi connectivity index (χ0) is 10.6. The summed E-state index contributed by atoms with van der Waals surface area (Å²) in [4.78, 5) is 20.5. The number of hydrogen-bond donors (Lipinski definition) is 3. The Morgan fingerprint density at radius 2 is 1.62 bits per heavy atom. The number of carboxylic acids is 2. The van der Waals surface area contributed by atoms with Crippen molar-refractivity contribution in [2.45, 2.75) is 0 Å². The van der Waals surface area contributed by atoms with Gasteiger partial charge in [-0.1, -0.05) is 13.2 Å². The van der Waals surface area contributed by atoms with Gasteiger partial charge >= 0.3 is 11.9 Å². The van der Waals surface area contributed by atoms with Gasteiger partial charge < -0.3 is 15.9 Å². The molecular formula is C8H9NO4. The van der Waals surface area contributed by atoms with Crippen molar-refractivity contribution in [1.29, 1.82) is 0 Å². The molecular weight excluding hydrogens is 174 g/mol. The first-order chi connectivity index (χ1) is 5.86. The van der Waals surface area contributed by atoms with E-state index >= 15 is 0 Å². The number of carbonyl (C=O) groups is 2. The van der Waals surface area contributed by atoms with Gasteiger partial charge in [-0.25, -0.2) is 9.59 Å². The van der Waals surface area contributed by atoms with E-state index < -0.39 is 11.9 Å². The Morgan fingerprint density at radius 3 is 1.92 bits per heavy atom. The maximum atomic E-state index is 10.3. The lowest BCUT2D eigenvalue weighted by molar-refractivity contribution is -0.133. The fourth-order valence-electron chi connectivity index (χ4n) is 0.460. The summed E-state index contributed by atoms with van der Waals surface area (Å²) in [6.07, 6.45) is 0.943. The zero-order valence-corrected chi connectivity index (χ0v) is 6.78. The van der Waals surface area contributed by atoms with E-state index in [9.17, 15) is 9.59 Å². The van der Waals surface area contributed by atoms with Crippen LogP contribution in [-0.4, -0.2) is 22.2 Å². The minimum absolute atomic E-state index is 0.222. The van der Waals surface area contributed by atoms with Crippen LogP contribution in [0.15, 0.2) is 36.1 Å². The van der Waals surface area contributed by atoms with Crippen molar-refractivity contribution in [2.75, 3.05) is 0 Å². The van der Waals surface area contributed by atoms with Crippen LogP contribution in [0.4, 0.5) is 0 Å². The Morgan fingerprint density at radius 1 is 1.15 bits per heavy atom. The van der Waals surface area contributed by atoms with Gasteiger partial charge in [-0.2, -0.15) is 0 Å². The molecule has 0 heterocycles. The average Bonchev–Trinajstić information content (AvgIpc) is 2.02. The van der Waals surface area contributed by atoms with Gasteiger partial charge in [0, 0.05) is 5.70 Å².